The maximum atomic E-state index is 11.0. The van der Waals surface area contributed by atoms with E-state index in [4.69, 9.17) is 9.47 Å². The number of nitrogens with zero attached hydrogens (tertiary/aromatic N) is 1. The van der Waals surface area contributed by atoms with Gasteiger partial charge < -0.3 is 14.5 Å². The number of aromatic nitrogens is 2. The van der Waals surface area contributed by atoms with Crippen LogP contribution in [0.25, 0.3) is 0 Å². The van der Waals surface area contributed by atoms with E-state index in [0.717, 1.165) is 17.7 Å². The lowest BCUT2D eigenvalue weighted by Gasteiger charge is -2.16. The van der Waals surface area contributed by atoms with Gasteiger partial charge in [-0.1, -0.05) is 0 Å². The summed E-state index contributed by atoms with van der Waals surface area (Å²) >= 11 is 0. The van der Waals surface area contributed by atoms with Crippen molar-refractivity contribution < 1.29 is 9.47 Å². The van der Waals surface area contributed by atoms with Crippen molar-refractivity contribution in [1.29, 1.82) is 0 Å². The van der Waals surface area contributed by atoms with Gasteiger partial charge in [0.1, 0.15) is 0 Å². The number of ether oxygens (including phenoxy) is 2. The van der Waals surface area contributed by atoms with E-state index in [1.807, 2.05) is 0 Å². The van der Waals surface area contributed by atoms with Crippen molar-refractivity contribution in [3.8, 4) is 5.88 Å². The number of methoxy groups -OCH3 is 1. The standard InChI is InChI=1S/C8H10N2O3/c1-12-7-5-2-3-13-4-6(5)9-8(11)10-7/h2-4H2,1H3,(H,9,10,11). The topological polar surface area (TPSA) is 64.2 Å². The highest BCUT2D eigenvalue weighted by Crippen LogP contribution is 2.20. The molecule has 1 aliphatic rings. The van der Waals surface area contributed by atoms with E-state index in [-0.39, 0.29) is 5.69 Å². The zero-order valence-corrected chi connectivity index (χ0v) is 7.29. The molecule has 0 saturated heterocycles. The summed E-state index contributed by atoms with van der Waals surface area (Å²) in [6.07, 6.45) is 0.738. The predicted molar refractivity (Wildman–Crippen MR) is 44.8 cm³/mol. The summed E-state index contributed by atoms with van der Waals surface area (Å²) < 4.78 is 10.2. The molecule has 0 aliphatic carbocycles. The lowest BCUT2D eigenvalue weighted by molar-refractivity contribution is 0.105. The van der Waals surface area contributed by atoms with Crippen molar-refractivity contribution in [2.75, 3.05) is 13.7 Å². The normalized spacial score (nSPS) is 15.2. The van der Waals surface area contributed by atoms with E-state index in [1.165, 1.54) is 7.11 Å². The fourth-order valence-corrected chi connectivity index (χ4v) is 1.42. The van der Waals surface area contributed by atoms with Gasteiger partial charge in [0.25, 0.3) is 0 Å². The van der Waals surface area contributed by atoms with Crippen molar-refractivity contribution in [3.05, 3.63) is 21.7 Å². The Morgan fingerprint density at radius 3 is 3.23 bits per heavy atom. The molecular weight excluding hydrogens is 172 g/mol. The predicted octanol–water partition coefficient (Wildman–Crippen LogP) is -0.149. The maximum absolute atomic E-state index is 11.0. The molecule has 5 nitrogen and oxygen atoms in total. The molecule has 2 heterocycles. The Labute approximate surface area is 74.7 Å². The maximum Gasteiger partial charge on any atom is 0.348 e. The van der Waals surface area contributed by atoms with E-state index in [1.54, 1.807) is 0 Å². The molecule has 0 saturated carbocycles. The van der Waals surface area contributed by atoms with Gasteiger partial charge in [0, 0.05) is 12.0 Å². The summed E-state index contributed by atoms with van der Waals surface area (Å²) in [6, 6.07) is 0. The molecule has 1 aliphatic heterocycles. The lowest BCUT2D eigenvalue weighted by Crippen LogP contribution is -2.21. The average molecular weight is 182 g/mol. The minimum atomic E-state index is -0.388. The summed E-state index contributed by atoms with van der Waals surface area (Å²) in [7, 11) is 1.51. The van der Waals surface area contributed by atoms with E-state index >= 15 is 0 Å². The number of H-pyrrole nitrogens is 1. The summed E-state index contributed by atoms with van der Waals surface area (Å²) in [5.41, 5.74) is 1.34. The second kappa shape index (κ2) is 3.18. The van der Waals surface area contributed by atoms with Gasteiger partial charge in [-0.3, -0.25) is 0 Å². The number of hydrogen-bond donors (Lipinski definition) is 1. The number of fused-ring (bicyclic) bond motifs is 1. The Morgan fingerprint density at radius 1 is 1.62 bits per heavy atom. The third kappa shape index (κ3) is 1.42. The number of nitrogens with one attached hydrogen (secondary N) is 1. The fraction of sp³-hybridized carbons (Fsp3) is 0.500. The van der Waals surface area contributed by atoms with Crippen molar-refractivity contribution >= 4 is 0 Å². The molecule has 0 amide bonds. The van der Waals surface area contributed by atoms with Gasteiger partial charge in [-0.2, -0.15) is 4.98 Å². The molecule has 70 valence electrons. The Balaban J connectivity index is 2.57. The molecule has 0 spiro atoms. The van der Waals surface area contributed by atoms with Crippen LogP contribution >= 0.6 is 0 Å². The average Bonchev–Trinajstić information content (AvgIpc) is 2.16. The van der Waals surface area contributed by atoms with E-state index in [0.29, 0.717) is 19.1 Å². The molecule has 0 radical (unpaired) electrons. The van der Waals surface area contributed by atoms with Crippen LogP contribution in [0.3, 0.4) is 0 Å². The van der Waals surface area contributed by atoms with Gasteiger partial charge in [0.15, 0.2) is 0 Å². The molecular formula is C8H10N2O3. The third-order valence-electron chi connectivity index (χ3n) is 2.02. The fourth-order valence-electron chi connectivity index (χ4n) is 1.42. The lowest BCUT2D eigenvalue weighted by atomic mass is 10.1. The van der Waals surface area contributed by atoms with Gasteiger partial charge in [-0.15, -0.1) is 0 Å². The Bertz CT molecular complexity index is 352. The quantitative estimate of drug-likeness (QED) is 0.656. The largest absolute Gasteiger partial charge is 0.481 e. The first kappa shape index (κ1) is 8.25. The molecule has 0 fully saturated rings. The second-order valence-corrected chi connectivity index (χ2v) is 2.81. The molecule has 0 bridgehead atoms. The van der Waals surface area contributed by atoms with E-state index < -0.39 is 0 Å². The molecule has 1 aromatic rings. The van der Waals surface area contributed by atoms with Gasteiger partial charge in [0.05, 0.1) is 26.0 Å². The van der Waals surface area contributed by atoms with Crippen molar-refractivity contribution in [2.24, 2.45) is 0 Å². The van der Waals surface area contributed by atoms with E-state index in [9.17, 15) is 4.79 Å². The van der Waals surface area contributed by atoms with Gasteiger partial charge in [-0.05, 0) is 0 Å². The van der Waals surface area contributed by atoms with Crippen LogP contribution in [0.1, 0.15) is 11.3 Å². The summed E-state index contributed by atoms with van der Waals surface area (Å²) in [6.45, 7) is 1.08. The smallest absolute Gasteiger partial charge is 0.348 e. The zero-order chi connectivity index (χ0) is 9.26. The van der Waals surface area contributed by atoms with Crippen LogP contribution in [0.5, 0.6) is 5.88 Å². The molecule has 1 aromatic heterocycles. The van der Waals surface area contributed by atoms with Gasteiger partial charge >= 0.3 is 5.69 Å². The monoisotopic (exact) mass is 182 g/mol. The minimum Gasteiger partial charge on any atom is -0.481 e. The molecule has 2 rings (SSSR count). The molecule has 0 unspecified atom stereocenters. The zero-order valence-electron chi connectivity index (χ0n) is 7.29. The highest BCUT2D eigenvalue weighted by atomic mass is 16.5. The molecule has 1 N–H and O–H groups in total. The van der Waals surface area contributed by atoms with Crippen LogP contribution in [0.15, 0.2) is 4.79 Å². The number of rotatable bonds is 1. The van der Waals surface area contributed by atoms with Crippen LogP contribution in [0.2, 0.25) is 0 Å². The SMILES string of the molecule is COc1nc(=O)[nH]c2c1CCOC2. The Morgan fingerprint density at radius 2 is 2.46 bits per heavy atom. The van der Waals surface area contributed by atoms with Crippen molar-refractivity contribution in [2.45, 2.75) is 13.0 Å². The molecule has 13 heavy (non-hydrogen) atoms. The van der Waals surface area contributed by atoms with Crippen LogP contribution in [-0.2, 0) is 17.8 Å². The third-order valence-corrected chi connectivity index (χ3v) is 2.02. The Hall–Kier alpha value is -1.36. The molecule has 5 heteroatoms. The first-order chi connectivity index (χ1) is 6.31. The highest BCUT2D eigenvalue weighted by Gasteiger charge is 2.16. The van der Waals surface area contributed by atoms with Gasteiger partial charge in [0.2, 0.25) is 5.88 Å². The summed E-state index contributed by atoms with van der Waals surface area (Å²) in [5, 5.41) is 0. The second-order valence-electron chi connectivity index (χ2n) is 2.81. The van der Waals surface area contributed by atoms with Gasteiger partial charge in [-0.25, -0.2) is 4.79 Å². The van der Waals surface area contributed by atoms with E-state index in [2.05, 4.69) is 9.97 Å². The summed E-state index contributed by atoms with van der Waals surface area (Å²) in [5.74, 6) is 0.419. The number of aromatic amines is 1. The molecule has 0 aromatic carbocycles. The van der Waals surface area contributed by atoms with Crippen molar-refractivity contribution in [1.82, 2.24) is 9.97 Å². The molecule has 0 atom stereocenters. The number of hydrogen-bond acceptors (Lipinski definition) is 4. The summed E-state index contributed by atoms with van der Waals surface area (Å²) in [4.78, 5) is 17.4. The minimum absolute atomic E-state index is 0.388. The van der Waals surface area contributed by atoms with Crippen LogP contribution in [0.4, 0.5) is 0 Å². The first-order valence-corrected chi connectivity index (χ1v) is 4.05. The van der Waals surface area contributed by atoms with Crippen LogP contribution in [-0.4, -0.2) is 23.7 Å². The Kier molecular flexibility index (Phi) is 2.02. The van der Waals surface area contributed by atoms with Crippen molar-refractivity contribution in [3.63, 3.8) is 0 Å². The van der Waals surface area contributed by atoms with Crippen LogP contribution in [0, 0.1) is 0 Å². The first-order valence-electron chi connectivity index (χ1n) is 4.05. The highest BCUT2D eigenvalue weighted by molar-refractivity contribution is 5.30. The van der Waals surface area contributed by atoms with Crippen LogP contribution < -0.4 is 10.4 Å².